The smallest absolute Gasteiger partial charge is 0.311 e. The van der Waals surface area contributed by atoms with Gasteiger partial charge in [-0.05, 0) is 12.8 Å². The fourth-order valence-electron chi connectivity index (χ4n) is 2.49. The second kappa shape index (κ2) is 2.23. The second-order valence-electron chi connectivity index (χ2n) is 4.13. The average molecular weight is 185 g/mol. The molecule has 1 aliphatic carbocycles. The zero-order valence-corrected chi connectivity index (χ0v) is 7.04. The van der Waals surface area contributed by atoms with Crippen molar-refractivity contribution >= 4 is 11.9 Å². The second-order valence-corrected chi connectivity index (χ2v) is 4.13. The van der Waals surface area contributed by atoms with Crippen molar-refractivity contribution in [2.75, 3.05) is 13.1 Å². The van der Waals surface area contributed by atoms with E-state index in [9.17, 15) is 9.59 Å². The molecule has 0 aromatic rings. The fourth-order valence-corrected chi connectivity index (χ4v) is 2.49. The minimum absolute atomic E-state index is 0.275. The van der Waals surface area contributed by atoms with Crippen LogP contribution >= 0.6 is 0 Å². The number of hydrogen-bond acceptors (Lipinski definition) is 3. The van der Waals surface area contributed by atoms with Gasteiger partial charge in [-0.25, -0.2) is 0 Å². The SMILES string of the molecule is O=C(O)C12CNCC(C(=O)O)(C1)C2. The molecule has 0 aromatic carbocycles. The minimum Gasteiger partial charge on any atom is -0.481 e. The van der Waals surface area contributed by atoms with Crippen molar-refractivity contribution in [3.05, 3.63) is 0 Å². The lowest BCUT2D eigenvalue weighted by atomic mass is 9.50. The molecule has 0 unspecified atom stereocenters. The first-order valence-corrected chi connectivity index (χ1v) is 4.18. The van der Waals surface area contributed by atoms with Crippen molar-refractivity contribution in [1.29, 1.82) is 0 Å². The largest absolute Gasteiger partial charge is 0.481 e. The number of hydrogen-bond donors (Lipinski definition) is 3. The van der Waals surface area contributed by atoms with Crippen LogP contribution in [-0.2, 0) is 9.59 Å². The maximum absolute atomic E-state index is 10.8. The molecule has 3 rings (SSSR count). The van der Waals surface area contributed by atoms with E-state index in [1.165, 1.54) is 0 Å². The Morgan fingerprint density at radius 1 is 1.00 bits per heavy atom. The summed E-state index contributed by atoms with van der Waals surface area (Å²) in [5.74, 6) is -1.76. The Kier molecular flexibility index (Phi) is 1.46. The molecule has 2 aliphatic heterocycles. The molecule has 5 nitrogen and oxygen atoms in total. The van der Waals surface area contributed by atoms with Gasteiger partial charge >= 0.3 is 11.9 Å². The number of piperidine rings is 2. The van der Waals surface area contributed by atoms with E-state index in [0.717, 1.165) is 0 Å². The molecule has 3 N–H and O–H groups in total. The molecule has 0 spiro atoms. The first kappa shape index (κ1) is 8.50. The first-order chi connectivity index (χ1) is 6.01. The summed E-state index contributed by atoms with van der Waals surface area (Å²) in [5.41, 5.74) is -1.62. The van der Waals surface area contributed by atoms with Gasteiger partial charge in [-0.2, -0.15) is 0 Å². The normalized spacial score (nSPS) is 42.2. The molecule has 0 atom stereocenters. The topological polar surface area (TPSA) is 86.6 Å². The summed E-state index contributed by atoms with van der Waals surface area (Å²) in [6.07, 6.45) is 0.551. The Bertz CT molecular complexity index is 254. The third-order valence-electron chi connectivity index (χ3n) is 3.19. The predicted octanol–water partition coefficient (Wildman–Crippen LogP) is -0.475. The van der Waals surface area contributed by atoms with Gasteiger partial charge in [-0.3, -0.25) is 9.59 Å². The Morgan fingerprint density at radius 3 is 1.69 bits per heavy atom. The quantitative estimate of drug-likeness (QED) is 0.541. The molecule has 13 heavy (non-hydrogen) atoms. The summed E-state index contributed by atoms with van der Waals surface area (Å²) in [7, 11) is 0. The van der Waals surface area contributed by atoms with Crippen LogP contribution in [0.1, 0.15) is 12.8 Å². The van der Waals surface area contributed by atoms with E-state index in [4.69, 9.17) is 10.2 Å². The van der Waals surface area contributed by atoms with Gasteiger partial charge in [0.05, 0.1) is 10.8 Å². The molecule has 1 saturated carbocycles. The van der Waals surface area contributed by atoms with E-state index in [-0.39, 0.29) is 12.8 Å². The number of nitrogens with one attached hydrogen (secondary N) is 1. The van der Waals surface area contributed by atoms with Gasteiger partial charge < -0.3 is 15.5 Å². The molecule has 3 fully saturated rings. The third-order valence-corrected chi connectivity index (χ3v) is 3.19. The van der Waals surface area contributed by atoms with Crippen LogP contribution in [0.5, 0.6) is 0 Å². The maximum Gasteiger partial charge on any atom is 0.311 e. The molecule has 0 amide bonds. The molecule has 0 radical (unpaired) electrons. The van der Waals surface area contributed by atoms with Crippen molar-refractivity contribution in [3.63, 3.8) is 0 Å². The highest BCUT2D eigenvalue weighted by Gasteiger charge is 2.65. The molecule has 0 aromatic heterocycles. The van der Waals surface area contributed by atoms with Crippen molar-refractivity contribution in [2.45, 2.75) is 12.8 Å². The summed E-state index contributed by atoms with van der Waals surface area (Å²) in [6.45, 7) is 0.800. The number of fused-ring (bicyclic) bond motifs is 2. The standard InChI is InChI=1S/C8H11NO4/c10-5(11)7-1-8(2-7,6(12)13)4-9-3-7/h9H,1-4H2,(H,10,11)(H,12,13). The molecule has 5 heteroatoms. The number of carboxylic acid groups (broad SMARTS) is 2. The van der Waals surface area contributed by atoms with Gasteiger partial charge in [0.1, 0.15) is 0 Å². The van der Waals surface area contributed by atoms with E-state index in [0.29, 0.717) is 13.1 Å². The summed E-state index contributed by atoms with van der Waals surface area (Å²) < 4.78 is 0. The molecule has 2 heterocycles. The number of aliphatic carboxylic acids is 2. The van der Waals surface area contributed by atoms with Gasteiger partial charge in [0.15, 0.2) is 0 Å². The van der Waals surface area contributed by atoms with Crippen LogP contribution in [0.25, 0.3) is 0 Å². The monoisotopic (exact) mass is 185 g/mol. The van der Waals surface area contributed by atoms with E-state index in [2.05, 4.69) is 5.32 Å². The van der Waals surface area contributed by atoms with Crippen LogP contribution < -0.4 is 5.32 Å². The Labute approximate surface area is 74.7 Å². The van der Waals surface area contributed by atoms with Crippen LogP contribution in [0.15, 0.2) is 0 Å². The van der Waals surface area contributed by atoms with Crippen molar-refractivity contribution < 1.29 is 19.8 Å². The third kappa shape index (κ3) is 0.904. The van der Waals surface area contributed by atoms with E-state index >= 15 is 0 Å². The van der Waals surface area contributed by atoms with Crippen molar-refractivity contribution in [3.8, 4) is 0 Å². The molecular weight excluding hydrogens is 174 g/mol. The highest BCUT2D eigenvalue weighted by atomic mass is 16.4. The van der Waals surface area contributed by atoms with Crippen molar-refractivity contribution in [1.82, 2.24) is 5.32 Å². The lowest BCUT2D eigenvalue weighted by molar-refractivity contribution is -0.185. The summed E-state index contributed by atoms with van der Waals surface area (Å²) >= 11 is 0. The Balaban J connectivity index is 2.20. The van der Waals surface area contributed by atoms with Gasteiger partial charge in [-0.1, -0.05) is 0 Å². The van der Waals surface area contributed by atoms with Gasteiger partial charge in [0.2, 0.25) is 0 Å². The summed E-state index contributed by atoms with van der Waals surface area (Å²) in [5, 5.41) is 20.7. The highest BCUT2D eigenvalue weighted by molar-refractivity contribution is 5.85. The van der Waals surface area contributed by atoms with Crippen LogP contribution in [-0.4, -0.2) is 35.2 Å². The first-order valence-electron chi connectivity index (χ1n) is 4.18. The summed E-state index contributed by atoms with van der Waals surface area (Å²) in [4.78, 5) is 21.7. The van der Waals surface area contributed by atoms with E-state index in [1.54, 1.807) is 0 Å². The van der Waals surface area contributed by atoms with E-state index < -0.39 is 22.8 Å². The zero-order valence-electron chi connectivity index (χ0n) is 7.04. The van der Waals surface area contributed by atoms with Crippen LogP contribution in [0, 0.1) is 10.8 Å². The van der Waals surface area contributed by atoms with Gasteiger partial charge in [-0.15, -0.1) is 0 Å². The van der Waals surface area contributed by atoms with Gasteiger partial charge in [0, 0.05) is 13.1 Å². The van der Waals surface area contributed by atoms with Crippen LogP contribution in [0.4, 0.5) is 0 Å². The van der Waals surface area contributed by atoms with Gasteiger partial charge in [0.25, 0.3) is 0 Å². The highest BCUT2D eigenvalue weighted by Crippen LogP contribution is 2.56. The molecular formula is C8H11NO4. The molecule has 2 bridgehead atoms. The molecule has 72 valence electrons. The lowest BCUT2D eigenvalue weighted by Gasteiger charge is -2.55. The lowest BCUT2D eigenvalue weighted by Crippen LogP contribution is -2.67. The summed E-state index contributed by atoms with van der Waals surface area (Å²) in [6, 6.07) is 0. The average Bonchev–Trinajstić information content (AvgIpc) is 2.02. The predicted molar refractivity (Wildman–Crippen MR) is 42.2 cm³/mol. The number of rotatable bonds is 2. The Hall–Kier alpha value is -1.10. The Morgan fingerprint density at radius 2 is 1.38 bits per heavy atom. The van der Waals surface area contributed by atoms with Crippen LogP contribution in [0.2, 0.25) is 0 Å². The van der Waals surface area contributed by atoms with Crippen LogP contribution in [0.3, 0.4) is 0 Å². The number of carbonyl (C=O) groups is 2. The maximum atomic E-state index is 10.8. The molecule has 3 aliphatic rings. The van der Waals surface area contributed by atoms with Crippen molar-refractivity contribution in [2.24, 2.45) is 10.8 Å². The zero-order chi connectivity index (χ0) is 9.69. The minimum atomic E-state index is -0.878. The molecule has 2 saturated heterocycles. The number of carboxylic acids is 2. The fraction of sp³-hybridized carbons (Fsp3) is 0.750. The van der Waals surface area contributed by atoms with E-state index in [1.807, 2.05) is 0 Å².